The lowest BCUT2D eigenvalue weighted by Crippen LogP contribution is -2.43. The first kappa shape index (κ1) is 23.0. The molecule has 148 valence electrons. The topological polar surface area (TPSA) is 54.9 Å². The van der Waals surface area contributed by atoms with Crippen LogP contribution in [0.15, 0.2) is 29.3 Å². The number of hydrogen-bond donors (Lipinski definition) is 2. The Morgan fingerprint density at radius 2 is 2.00 bits per heavy atom. The lowest BCUT2D eigenvalue weighted by atomic mass is 9.83. The largest absolute Gasteiger partial charge is 0.494 e. The molecule has 0 unspecified atom stereocenters. The molecule has 0 atom stereocenters. The molecule has 5 nitrogen and oxygen atoms in total. The molecule has 0 spiro atoms. The minimum Gasteiger partial charge on any atom is -0.494 e. The summed E-state index contributed by atoms with van der Waals surface area (Å²) in [4.78, 5) is 4.37. The van der Waals surface area contributed by atoms with Gasteiger partial charge >= 0.3 is 0 Å². The Morgan fingerprint density at radius 3 is 2.65 bits per heavy atom. The lowest BCUT2D eigenvalue weighted by molar-refractivity contribution is 0.138. The molecule has 1 aromatic carbocycles. The van der Waals surface area contributed by atoms with Crippen molar-refractivity contribution in [1.29, 1.82) is 0 Å². The van der Waals surface area contributed by atoms with Gasteiger partial charge in [-0.25, -0.2) is 0 Å². The monoisotopic (exact) mass is 475 g/mol. The van der Waals surface area contributed by atoms with Crippen LogP contribution in [0.3, 0.4) is 0 Å². The van der Waals surface area contributed by atoms with E-state index >= 15 is 0 Å². The molecular formula is C20H34IN3O2. The molecule has 0 aliphatic heterocycles. The van der Waals surface area contributed by atoms with Crippen LogP contribution in [0.25, 0.3) is 0 Å². The maximum Gasteiger partial charge on any atom is 0.191 e. The molecule has 0 saturated heterocycles. The van der Waals surface area contributed by atoms with Crippen LogP contribution in [0.1, 0.15) is 44.6 Å². The molecule has 2 rings (SSSR count). The highest BCUT2D eigenvalue weighted by Crippen LogP contribution is 2.40. The van der Waals surface area contributed by atoms with E-state index in [9.17, 15) is 0 Å². The van der Waals surface area contributed by atoms with Gasteiger partial charge in [0.2, 0.25) is 0 Å². The van der Waals surface area contributed by atoms with Crippen LogP contribution in [0.4, 0.5) is 0 Å². The number of guanidine groups is 1. The minimum absolute atomic E-state index is 0. The fourth-order valence-electron chi connectivity index (χ4n) is 3.55. The molecular weight excluding hydrogens is 441 g/mol. The van der Waals surface area contributed by atoms with Crippen molar-refractivity contribution >= 4 is 29.9 Å². The van der Waals surface area contributed by atoms with Crippen molar-refractivity contribution in [3.05, 3.63) is 29.8 Å². The molecule has 2 N–H and O–H groups in total. The molecule has 0 bridgehead atoms. The van der Waals surface area contributed by atoms with E-state index in [4.69, 9.17) is 9.47 Å². The number of methoxy groups -OCH3 is 1. The molecule has 1 aliphatic rings. The number of halogens is 1. The van der Waals surface area contributed by atoms with Gasteiger partial charge in [0, 0.05) is 33.9 Å². The lowest BCUT2D eigenvalue weighted by Gasteiger charge is -2.30. The summed E-state index contributed by atoms with van der Waals surface area (Å²) in [6, 6.07) is 8.18. The zero-order chi connectivity index (χ0) is 18.0. The second kappa shape index (κ2) is 12.4. The molecule has 0 heterocycles. The average Bonchev–Trinajstić information content (AvgIpc) is 3.10. The van der Waals surface area contributed by atoms with E-state index in [2.05, 4.69) is 27.8 Å². The van der Waals surface area contributed by atoms with Gasteiger partial charge in [-0.2, -0.15) is 0 Å². The fraction of sp³-hybridized carbons (Fsp3) is 0.650. The van der Waals surface area contributed by atoms with Gasteiger partial charge in [-0.3, -0.25) is 4.99 Å². The third-order valence-corrected chi connectivity index (χ3v) is 5.02. The summed E-state index contributed by atoms with van der Waals surface area (Å²) in [5, 5.41) is 6.93. The predicted molar refractivity (Wildman–Crippen MR) is 119 cm³/mol. The Morgan fingerprint density at radius 1 is 1.23 bits per heavy atom. The van der Waals surface area contributed by atoms with E-state index in [1.54, 1.807) is 7.11 Å². The summed E-state index contributed by atoms with van der Waals surface area (Å²) in [7, 11) is 3.61. The fourth-order valence-corrected chi connectivity index (χ4v) is 3.55. The summed E-state index contributed by atoms with van der Waals surface area (Å²) >= 11 is 0. The van der Waals surface area contributed by atoms with Crippen molar-refractivity contribution in [1.82, 2.24) is 10.6 Å². The van der Waals surface area contributed by atoms with Crippen LogP contribution in [-0.2, 0) is 11.3 Å². The van der Waals surface area contributed by atoms with Crippen LogP contribution < -0.4 is 15.4 Å². The zero-order valence-electron chi connectivity index (χ0n) is 16.3. The number of aliphatic imine (C=N–C) groups is 1. The highest BCUT2D eigenvalue weighted by Gasteiger charge is 2.33. The third-order valence-electron chi connectivity index (χ3n) is 5.02. The number of ether oxygens (including phenoxy) is 2. The van der Waals surface area contributed by atoms with Gasteiger partial charge in [0.1, 0.15) is 5.75 Å². The van der Waals surface area contributed by atoms with Crippen molar-refractivity contribution < 1.29 is 9.47 Å². The maximum atomic E-state index is 5.56. The normalized spacial score (nSPS) is 16.0. The molecule has 6 heteroatoms. The van der Waals surface area contributed by atoms with Gasteiger partial charge in [-0.1, -0.05) is 25.0 Å². The molecule has 1 aliphatic carbocycles. The van der Waals surface area contributed by atoms with Crippen molar-refractivity contribution in [3.8, 4) is 5.75 Å². The van der Waals surface area contributed by atoms with E-state index in [0.29, 0.717) is 12.0 Å². The standard InChI is InChI=1S/C20H33N3O2.HI/c1-4-25-18-9-7-8-17(14-18)15-22-19(21-2)23-16-20(12-13-24-3)10-5-6-11-20;/h7-9,14H,4-6,10-13,15-16H2,1-3H3,(H2,21,22,23);1H. The summed E-state index contributed by atoms with van der Waals surface area (Å²) in [6.45, 7) is 5.20. The first-order chi connectivity index (χ1) is 12.2. The average molecular weight is 475 g/mol. The molecule has 1 saturated carbocycles. The van der Waals surface area contributed by atoms with E-state index < -0.39 is 0 Å². The van der Waals surface area contributed by atoms with Crippen LogP contribution in [0.5, 0.6) is 5.75 Å². The summed E-state index contributed by atoms with van der Waals surface area (Å²) in [5.41, 5.74) is 1.53. The summed E-state index contributed by atoms with van der Waals surface area (Å²) in [6.07, 6.45) is 6.31. The quantitative estimate of drug-likeness (QED) is 0.323. The van der Waals surface area contributed by atoms with E-state index in [1.165, 1.54) is 31.2 Å². The van der Waals surface area contributed by atoms with Gasteiger partial charge in [0.05, 0.1) is 6.61 Å². The zero-order valence-corrected chi connectivity index (χ0v) is 18.7. The van der Waals surface area contributed by atoms with Gasteiger partial charge in [-0.15, -0.1) is 24.0 Å². The van der Waals surface area contributed by atoms with Crippen LogP contribution in [-0.4, -0.2) is 39.9 Å². The molecule has 0 radical (unpaired) electrons. The second-order valence-corrected chi connectivity index (χ2v) is 6.81. The van der Waals surface area contributed by atoms with E-state index in [0.717, 1.165) is 37.8 Å². The second-order valence-electron chi connectivity index (χ2n) is 6.81. The van der Waals surface area contributed by atoms with Gasteiger partial charge in [0.25, 0.3) is 0 Å². The van der Waals surface area contributed by atoms with Gasteiger partial charge < -0.3 is 20.1 Å². The highest BCUT2D eigenvalue weighted by molar-refractivity contribution is 14.0. The number of rotatable bonds is 9. The predicted octanol–water partition coefficient (Wildman–Crippen LogP) is 3.97. The van der Waals surface area contributed by atoms with Crippen LogP contribution in [0.2, 0.25) is 0 Å². The molecule has 0 amide bonds. The van der Waals surface area contributed by atoms with E-state index in [-0.39, 0.29) is 24.0 Å². The Kier molecular flexibility index (Phi) is 11.0. The van der Waals surface area contributed by atoms with E-state index in [1.807, 2.05) is 26.1 Å². The van der Waals surface area contributed by atoms with Crippen LogP contribution in [0, 0.1) is 5.41 Å². The first-order valence-electron chi connectivity index (χ1n) is 9.36. The van der Waals surface area contributed by atoms with Crippen molar-refractivity contribution in [2.45, 2.75) is 45.6 Å². The van der Waals surface area contributed by atoms with Crippen LogP contribution >= 0.6 is 24.0 Å². The number of benzene rings is 1. The molecule has 1 fully saturated rings. The Labute approximate surface area is 175 Å². The Hall–Kier alpha value is -1.02. The molecule has 26 heavy (non-hydrogen) atoms. The molecule has 1 aromatic rings. The Balaban J connectivity index is 0.00000338. The Bertz CT molecular complexity index is 546. The van der Waals surface area contributed by atoms with Crippen molar-refractivity contribution in [2.24, 2.45) is 10.4 Å². The summed E-state index contributed by atoms with van der Waals surface area (Å²) in [5.74, 6) is 1.76. The smallest absolute Gasteiger partial charge is 0.191 e. The minimum atomic E-state index is 0. The van der Waals surface area contributed by atoms with Gasteiger partial charge in [0.15, 0.2) is 5.96 Å². The van der Waals surface area contributed by atoms with Crippen molar-refractivity contribution in [2.75, 3.05) is 33.9 Å². The van der Waals surface area contributed by atoms with Gasteiger partial charge in [-0.05, 0) is 49.3 Å². The highest BCUT2D eigenvalue weighted by atomic mass is 127. The SMILES string of the molecule is CCOc1cccc(CNC(=NC)NCC2(CCOC)CCCC2)c1.I. The first-order valence-corrected chi connectivity index (χ1v) is 9.36. The third kappa shape index (κ3) is 7.31. The number of nitrogens with one attached hydrogen (secondary N) is 2. The summed E-state index contributed by atoms with van der Waals surface area (Å²) < 4.78 is 10.9. The maximum absolute atomic E-state index is 5.56. The number of hydrogen-bond acceptors (Lipinski definition) is 3. The van der Waals surface area contributed by atoms with Crippen molar-refractivity contribution in [3.63, 3.8) is 0 Å². The molecule has 0 aromatic heterocycles. The number of nitrogens with zero attached hydrogens (tertiary/aromatic N) is 1.